The maximum Gasteiger partial charge on any atom is 0.407 e. The van der Waals surface area contributed by atoms with Gasteiger partial charge in [-0.25, -0.2) is 9.59 Å². The lowest BCUT2D eigenvalue weighted by Crippen LogP contribution is -2.44. The van der Waals surface area contributed by atoms with Gasteiger partial charge in [0.05, 0.1) is 0 Å². The molecule has 0 saturated carbocycles. The maximum atomic E-state index is 12.1. The van der Waals surface area contributed by atoms with Crippen LogP contribution in [0.25, 0.3) is 0 Å². The average molecular weight is 358 g/mol. The topological polar surface area (TPSA) is 64.6 Å². The van der Waals surface area contributed by atoms with Gasteiger partial charge < -0.3 is 14.8 Å². The van der Waals surface area contributed by atoms with Crippen molar-refractivity contribution < 1.29 is 19.1 Å². The SMILES string of the molecule is CC(C)(C)NC(=O)OC1CCCC/C=C/C1OC(=O)SC(C)(C)C. The Morgan fingerprint density at radius 3 is 2.33 bits per heavy atom. The largest absolute Gasteiger partial charge is 0.446 e. The second kappa shape index (κ2) is 8.79. The molecule has 0 aromatic heterocycles. The van der Waals surface area contributed by atoms with E-state index in [2.05, 4.69) is 5.32 Å². The number of thioether (sulfide) groups is 1. The third kappa shape index (κ3) is 9.21. The Bertz CT molecular complexity index is 463. The van der Waals surface area contributed by atoms with E-state index in [4.69, 9.17) is 9.47 Å². The van der Waals surface area contributed by atoms with E-state index in [9.17, 15) is 9.59 Å². The van der Waals surface area contributed by atoms with Crippen LogP contribution >= 0.6 is 11.8 Å². The summed E-state index contributed by atoms with van der Waals surface area (Å²) in [5, 5.41) is 2.44. The summed E-state index contributed by atoms with van der Waals surface area (Å²) in [7, 11) is 0. The molecule has 1 aliphatic rings. The van der Waals surface area contributed by atoms with Crippen LogP contribution < -0.4 is 5.32 Å². The van der Waals surface area contributed by atoms with Crippen molar-refractivity contribution in [1.29, 1.82) is 0 Å². The molecule has 6 heteroatoms. The molecule has 0 heterocycles. The molecule has 2 unspecified atom stereocenters. The molecule has 24 heavy (non-hydrogen) atoms. The van der Waals surface area contributed by atoms with Gasteiger partial charge in [0.25, 0.3) is 0 Å². The van der Waals surface area contributed by atoms with Gasteiger partial charge in [-0.2, -0.15) is 0 Å². The zero-order valence-electron chi connectivity index (χ0n) is 15.7. The highest BCUT2D eigenvalue weighted by atomic mass is 32.2. The maximum absolute atomic E-state index is 12.1. The monoisotopic (exact) mass is 357 g/mol. The van der Waals surface area contributed by atoms with Crippen molar-refractivity contribution in [2.45, 2.75) is 89.7 Å². The van der Waals surface area contributed by atoms with E-state index in [-0.39, 0.29) is 15.6 Å². The summed E-state index contributed by atoms with van der Waals surface area (Å²) in [4.78, 5) is 24.2. The first-order valence-electron chi connectivity index (χ1n) is 8.51. The van der Waals surface area contributed by atoms with Gasteiger partial charge >= 0.3 is 11.4 Å². The molecule has 1 aliphatic carbocycles. The Balaban J connectivity index is 2.75. The third-order valence-electron chi connectivity index (χ3n) is 3.16. The molecule has 0 aromatic carbocycles. The summed E-state index contributed by atoms with van der Waals surface area (Å²) in [5.41, 5.74) is -0.372. The number of allylic oxidation sites excluding steroid dienone is 1. The number of rotatable bonds is 2. The molecule has 2 atom stereocenters. The first kappa shape index (κ1) is 20.9. The average Bonchev–Trinajstić information content (AvgIpc) is 2.32. The fraction of sp³-hybridized carbons (Fsp3) is 0.778. The molecule has 0 aromatic rings. The first-order chi connectivity index (χ1) is 11.0. The van der Waals surface area contributed by atoms with Crippen LogP contribution in [-0.2, 0) is 9.47 Å². The molecule has 1 amide bonds. The lowest BCUT2D eigenvalue weighted by molar-refractivity contribution is 0.0115. The van der Waals surface area contributed by atoms with Crippen molar-refractivity contribution in [1.82, 2.24) is 5.32 Å². The summed E-state index contributed by atoms with van der Waals surface area (Å²) in [5.74, 6) is 0. The van der Waals surface area contributed by atoms with Crippen molar-refractivity contribution in [2.75, 3.05) is 0 Å². The number of alkyl carbamates (subject to hydrolysis) is 1. The van der Waals surface area contributed by atoms with Gasteiger partial charge in [-0.3, -0.25) is 0 Å². The zero-order chi connectivity index (χ0) is 18.4. The molecule has 0 spiro atoms. The minimum Gasteiger partial charge on any atom is -0.446 e. The summed E-state index contributed by atoms with van der Waals surface area (Å²) < 4.78 is 10.9. The fourth-order valence-electron chi connectivity index (χ4n) is 2.23. The standard InChI is InChI=1S/C18H31NO4S/c1-17(2,3)19-15(20)22-13-11-9-7-8-10-12-14(13)23-16(21)24-18(4,5)6/h10,12-14H,7-9,11H2,1-6H3,(H,19,20)/b12-10+. The van der Waals surface area contributed by atoms with Gasteiger partial charge in [0, 0.05) is 10.3 Å². The molecule has 1 rings (SSSR count). The van der Waals surface area contributed by atoms with Gasteiger partial charge in [0.1, 0.15) is 6.10 Å². The lowest BCUT2D eigenvalue weighted by atomic mass is 10.0. The van der Waals surface area contributed by atoms with Crippen molar-refractivity contribution >= 4 is 23.2 Å². The quantitative estimate of drug-likeness (QED) is 0.553. The highest BCUT2D eigenvalue weighted by Gasteiger charge is 2.30. The Morgan fingerprint density at radius 1 is 1.08 bits per heavy atom. The Morgan fingerprint density at radius 2 is 1.75 bits per heavy atom. The molecule has 1 N–H and O–H groups in total. The molecule has 0 saturated heterocycles. The van der Waals surface area contributed by atoms with Crippen LogP contribution in [0.5, 0.6) is 0 Å². The van der Waals surface area contributed by atoms with E-state index in [0.717, 1.165) is 31.0 Å². The summed E-state index contributed by atoms with van der Waals surface area (Å²) in [6.07, 6.45) is 5.94. The van der Waals surface area contributed by atoms with Gasteiger partial charge in [-0.1, -0.05) is 26.8 Å². The van der Waals surface area contributed by atoms with E-state index in [1.165, 1.54) is 0 Å². The Labute approximate surface area is 149 Å². The first-order valence-corrected chi connectivity index (χ1v) is 9.33. The lowest BCUT2D eigenvalue weighted by Gasteiger charge is -2.29. The van der Waals surface area contributed by atoms with Crippen molar-refractivity contribution in [3.63, 3.8) is 0 Å². The zero-order valence-corrected chi connectivity index (χ0v) is 16.5. The van der Waals surface area contributed by atoms with Crippen molar-refractivity contribution in [2.24, 2.45) is 0 Å². The minimum absolute atomic E-state index is 0.220. The van der Waals surface area contributed by atoms with Crippen molar-refractivity contribution in [3.05, 3.63) is 12.2 Å². The summed E-state index contributed by atoms with van der Waals surface area (Å²) in [6, 6.07) is 0. The predicted molar refractivity (Wildman–Crippen MR) is 98.4 cm³/mol. The van der Waals surface area contributed by atoms with Gasteiger partial charge in [0.2, 0.25) is 0 Å². The highest BCUT2D eigenvalue weighted by molar-refractivity contribution is 8.14. The number of hydrogen-bond donors (Lipinski definition) is 1. The van der Waals surface area contributed by atoms with E-state index in [1.54, 1.807) is 0 Å². The number of hydrogen-bond acceptors (Lipinski definition) is 5. The number of carbonyl (C=O) groups excluding carboxylic acids is 2. The van der Waals surface area contributed by atoms with E-state index >= 15 is 0 Å². The molecule has 5 nitrogen and oxygen atoms in total. The van der Waals surface area contributed by atoms with Crippen molar-refractivity contribution in [3.8, 4) is 0 Å². The molecule has 0 aliphatic heterocycles. The van der Waals surface area contributed by atoms with Gasteiger partial charge in [-0.05, 0) is 64.3 Å². The normalized spacial score (nSPS) is 23.6. The summed E-state index contributed by atoms with van der Waals surface area (Å²) >= 11 is 1.14. The smallest absolute Gasteiger partial charge is 0.407 e. The second-order valence-electron chi connectivity index (χ2n) is 8.08. The van der Waals surface area contributed by atoms with E-state index in [1.807, 2.05) is 53.7 Å². The van der Waals surface area contributed by atoms with Crippen LogP contribution in [0.4, 0.5) is 9.59 Å². The van der Waals surface area contributed by atoms with Gasteiger partial charge in [0.15, 0.2) is 6.10 Å². The summed E-state index contributed by atoms with van der Waals surface area (Å²) in [6.45, 7) is 11.5. The van der Waals surface area contributed by atoms with Crippen LogP contribution in [0.2, 0.25) is 0 Å². The molecular weight excluding hydrogens is 326 g/mol. The van der Waals surface area contributed by atoms with Gasteiger partial charge in [-0.15, -0.1) is 0 Å². The fourth-order valence-corrected chi connectivity index (χ4v) is 2.88. The van der Waals surface area contributed by atoms with Crippen LogP contribution in [0.15, 0.2) is 12.2 Å². The van der Waals surface area contributed by atoms with E-state index in [0.29, 0.717) is 6.42 Å². The van der Waals surface area contributed by atoms with E-state index < -0.39 is 18.3 Å². The molecule has 138 valence electrons. The highest BCUT2D eigenvalue weighted by Crippen LogP contribution is 2.27. The molecule has 0 bridgehead atoms. The number of nitrogens with one attached hydrogen (secondary N) is 1. The van der Waals surface area contributed by atoms with Crippen LogP contribution in [0.1, 0.15) is 67.2 Å². The third-order valence-corrected chi connectivity index (χ3v) is 4.03. The Hall–Kier alpha value is -1.17. The van der Waals surface area contributed by atoms with Crippen LogP contribution in [-0.4, -0.2) is 33.9 Å². The number of ether oxygens (including phenoxy) is 2. The second-order valence-corrected chi connectivity index (χ2v) is 9.84. The predicted octanol–water partition coefficient (Wildman–Crippen LogP) is 5.05. The number of amides is 1. The minimum atomic E-state index is -0.543. The molecule has 0 radical (unpaired) electrons. The molecule has 0 fully saturated rings. The van der Waals surface area contributed by atoms with Crippen LogP contribution in [0, 0.1) is 0 Å². The number of carbonyl (C=O) groups is 2. The van der Waals surface area contributed by atoms with Crippen LogP contribution in [0.3, 0.4) is 0 Å². The Kier molecular flexibility index (Phi) is 7.64. The molecular formula is C18H31NO4S.